The minimum absolute atomic E-state index is 0.0110. The molecule has 1 fully saturated rings. The fraction of sp³-hybridized carbons (Fsp3) is 0.346. The van der Waals surface area contributed by atoms with Crippen LogP contribution in [0.3, 0.4) is 0 Å². The number of carbonyl (C=O) groups excluding carboxylic acids is 2. The SMILES string of the molecule is Cc1nnc(-c2ccc(C(=O)NCCNC(=O)c3ccc(O[C@H]4CC[C@@H](C(=O)O)CC4)cc3)cc2)o1. The summed E-state index contributed by atoms with van der Waals surface area (Å²) in [5.74, 6) is -0.0205. The number of aromatic nitrogens is 2. The molecule has 0 unspecified atom stereocenters. The molecule has 0 bridgehead atoms. The van der Waals surface area contributed by atoms with Crippen LogP contribution in [0.15, 0.2) is 52.9 Å². The number of ether oxygens (including phenoxy) is 1. The molecular formula is C26H28N4O6. The van der Waals surface area contributed by atoms with Gasteiger partial charge in [0.1, 0.15) is 5.75 Å². The van der Waals surface area contributed by atoms with Crippen LogP contribution in [-0.4, -0.2) is 52.3 Å². The molecule has 2 aromatic carbocycles. The van der Waals surface area contributed by atoms with E-state index in [1.54, 1.807) is 55.5 Å². The van der Waals surface area contributed by atoms with E-state index >= 15 is 0 Å². The number of hydrogen-bond acceptors (Lipinski definition) is 7. The van der Waals surface area contributed by atoms with E-state index < -0.39 is 5.97 Å². The molecule has 1 aliphatic rings. The highest BCUT2D eigenvalue weighted by Crippen LogP contribution is 2.28. The van der Waals surface area contributed by atoms with Crippen molar-refractivity contribution in [3.8, 4) is 17.2 Å². The van der Waals surface area contributed by atoms with Gasteiger partial charge in [-0.15, -0.1) is 10.2 Å². The second-order valence-corrected chi connectivity index (χ2v) is 8.67. The summed E-state index contributed by atoms with van der Waals surface area (Å²) in [6.07, 6.45) is 2.62. The third kappa shape index (κ3) is 6.47. The third-order valence-corrected chi connectivity index (χ3v) is 6.06. The molecule has 1 heterocycles. The second-order valence-electron chi connectivity index (χ2n) is 8.67. The Morgan fingerprint density at radius 1 is 0.889 bits per heavy atom. The van der Waals surface area contributed by atoms with Crippen molar-refractivity contribution in [3.63, 3.8) is 0 Å². The highest BCUT2D eigenvalue weighted by atomic mass is 16.5. The lowest BCUT2D eigenvalue weighted by Crippen LogP contribution is -2.34. The number of carboxylic acid groups (broad SMARTS) is 1. The highest BCUT2D eigenvalue weighted by molar-refractivity contribution is 5.95. The van der Waals surface area contributed by atoms with Gasteiger partial charge >= 0.3 is 5.97 Å². The summed E-state index contributed by atoms with van der Waals surface area (Å²) in [5.41, 5.74) is 1.69. The standard InChI is InChI=1S/C26H28N4O6/c1-16-29-30-25(35-16)19-4-2-17(3-5-19)23(31)27-14-15-28-24(32)18-6-10-21(11-7-18)36-22-12-8-20(9-13-22)26(33)34/h2-7,10-11,20,22H,8-9,12-15H2,1H3,(H,27,31)(H,28,32)(H,33,34)/t20-,22+. The van der Waals surface area contributed by atoms with Gasteiger partial charge in [-0.3, -0.25) is 14.4 Å². The average molecular weight is 493 g/mol. The van der Waals surface area contributed by atoms with Gasteiger partial charge in [0.15, 0.2) is 0 Å². The van der Waals surface area contributed by atoms with Crippen molar-refractivity contribution >= 4 is 17.8 Å². The lowest BCUT2D eigenvalue weighted by Gasteiger charge is -2.26. The van der Waals surface area contributed by atoms with Crippen molar-refractivity contribution < 1.29 is 28.6 Å². The Kier molecular flexibility index (Phi) is 7.94. The molecule has 0 aliphatic heterocycles. The van der Waals surface area contributed by atoms with Gasteiger partial charge in [-0.05, 0) is 74.2 Å². The average Bonchev–Trinajstić information content (AvgIpc) is 3.33. The van der Waals surface area contributed by atoms with Gasteiger partial charge in [-0.1, -0.05) is 0 Å². The van der Waals surface area contributed by atoms with Gasteiger partial charge in [0.25, 0.3) is 11.8 Å². The van der Waals surface area contributed by atoms with Crippen LogP contribution in [0.5, 0.6) is 5.75 Å². The van der Waals surface area contributed by atoms with Gasteiger partial charge in [0, 0.05) is 36.7 Å². The molecule has 2 amide bonds. The maximum Gasteiger partial charge on any atom is 0.306 e. The summed E-state index contributed by atoms with van der Waals surface area (Å²) < 4.78 is 11.3. The van der Waals surface area contributed by atoms with E-state index in [2.05, 4.69) is 20.8 Å². The Bertz CT molecular complexity index is 1200. The maximum atomic E-state index is 12.4. The maximum absolute atomic E-state index is 12.4. The summed E-state index contributed by atoms with van der Waals surface area (Å²) in [6.45, 7) is 2.25. The lowest BCUT2D eigenvalue weighted by molar-refractivity contribution is -0.143. The molecule has 1 aromatic heterocycles. The molecule has 36 heavy (non-hydrogen) atoms. The van der Waals surface area contributed by atoms with Crippen LogP contribution in [-0.2, 0) is 4.79 Å². The van der Waals surface area contributed by atoms with Crippen molar-refractivity contribution in [2.75, 3.05) is 13.1 Å². The molecule has 1 aliphatic carbocycles. The number of aryl methyl sites for hydroxylation is 1. The van der Waals surface area contributed by atoms with Crippen LogP contribution in [0.25, 0.3) is 11.5 Å². The predicted octanol–water partition coefficient (Wildman–Crippen LogP) is 3.23. The largest absolute Gasteiger partial charge is 0.490 e. The number of aliphatic carboxylic acids is 1. The molecule has 10 nitrogen and oxygen atoms in total. The first kappa shape index (κ1) is 24.9. The molecule has 10 heteroatoms. The van der Waals surface area contributed by atoms with Crippen LogP contribution in [0.1, 0.15) is 52.3 Å². The molecule has 188 valence electrons. The zero-order valence-electron chi connectivity index (χ0n) is 19.9. The van der Waals surface area contributed by atoms with Crippen LogP contribution in [0, 0.1) is 12.8 Å². The molecule has 3 aromatic rings. The predicted molar refractivity (Wildman–Crippen MR) is 130 cm³/mol. The van der Waals surface area contributed by atoms with Gasteiger partial charge in [0.05, 0.1) is 12.0 Å². The number of nitrogens with zero attached hydrogens (tertiary/aromatic N) is 2. The summed E-state index contributed by atoms with van der Waals surface area (Å²) in [5, 5.41) is 22.4. The Balaban J connectivity index is 1.17. The van der Waals surface area contributed by atoms with Crippen molar-refractivity contribution in [2.24, 2.45) is 5.92 Å². The molecular weight excluding hydrogens is 464 g/mol. The van der Waals surface area contributed by atoms with Crippen molar-refractivity contribution in [3.05, 3.63) is 65.5 Å². The molecule has 4 rings (SSSR count). The van der Waals surface area contributed by atoms with Crippen LogP contribution >= 0.6 is 0 Å². The topological polar surface area (TPSA) is 144 Å². The Labute approximate surface area is 208 Å². The fourth-order valence-electron chi connectivity index (χ4n) is 4.04. The highest BCUT2D eigenvalue weighted by Gasteiger charge is 2.26. The van der Waals surface area contributed by atoms with Crippen molar-refractivity contribution in [2.45, 2.75) is 38.7 Å². The number of rotatable bonds is 9. The van der Waals surface area contributed by atoms with Gasteiger partial charge in [-0.25, -0.2) is 0 Å². The zero-order chi connectivity index (χ0) is 25.5. The first-order valence-corrected chi connectivity index (χ1v) is 11.9. The van der Waals surface area contributed by atoms with E-state index in [0.717, 1.165) is 5.56 Å². The summed E-state index contributed by atoms with van der Waals surface area (Å²) in [7, 11) is 0. The minimum atomic E-state index is -0.742. The second kappa shape index (κ2) is 11.5. The number of hydrogen-bond donors (Lipinski definition) is 3. The van der Waals surface area contributed by atoms with Gasteiger partial charge in [-0.2, -0.15) is 0 Å². The Morgan fingerprint density at radius 2 is 1.44 bits per heavy atom. The minimum Gasteiger partial charge on any atom is -0.490 e. The van der Waals surface area contributed by atoms with E-state index in [4.69, 9.17) is 14.3 Å². The quantitative estimate of drug-likeness (QED) is 0.386. The van der Waals surface area contributed by atoms with E-state index in [0.29, 0.717) is 54.3 Å². The number of benzene rings is 2. The van der Waals surface area contributed by atoms with Crippen LogP contribution in [0.4, 0.5) is 0 Å². The van der Waals surface area contributed by atoms with E-state index in [9.17, 15) is 14.4 Å². The van der Waals surface area contributed by atoms with Crippen LogP contribution in [0.2, 0.25) is 0 Å². The molecule has 3 N–H and O–H groups in total. The monoisotopic (exact) mass is 492 g/mol. The molecule has 0 atom stereocenters. The van der Waals surface area contributed by atoms with E-state index in [-0.39, 0.29) is 36.9 Å². The third-order valence-electron chi connectivity index (χ3n) is 6.06. The first-order valence-electron chi connectivity index (χ1n) is 11.9. The fourth-order valence-corrected chi connectivity index (χ4v) is 4.04. The zero-order valence-corrected chi connectivity index (χ0v) is 19.9. The summed E-state index contributed by atoms with van der Waals surface area (Å²) in [6, 6.07) is 13.6. The van der Waals surface area contributed by atoms with E-state index in [1.807, 2.05) is 0 Å². The Morgan fingerprint density at radius 3 is 1.94 bits per heavy atom. The van der Waals surface area contributed by atoms with Crippen molar-refractivity contribution in [1.29, 1.82) is 0 Å². The summed E-state index contributed by atoms with van der Waals surface area (Å²) in [4.78, 5) is 35.8. The number of carbonyl (C=O) groups is 3. The number of amides is 2. The summed E-state index contributed by atoms with van der Waals surface area (Å²) >= 11 is 0. The smallest absolute Gasteiger partial charge is 0.306 e. The molecule has 0 spiro atoms. The van der Waals surface area contributed by atoms with Crippen LogP contribution < -0.4 is 15.4 Å². The van der Waals surface area contributed by atoms with E-state index in [1.165, 1.54) is 0 Å². The number of carboxylic acids is 1. The van der Waals surface area contributed by atoms with Gasteiger partial charge in [0.2, 0.25) is 11.8 Å². The Hall–Kier alpha value is -4.21. The number of nitrogens with one attached hydrogen (secondary N) is 2. The van der Waals surface area contributed by atoms with Gasteiger partial charge < -0.3 is 24.9 Å². The first-order chi connectivity index (χ1) is 17.4. The lowest BCUT2D eigenvalue weighted by atomic mass is 9.87. The normalized spacial score (nSPS) is 17.2. The van der Waals surface area contributed by atoms with Crippen molar-refractivity contribution in [1.82, 2.24) is 20.8 Å². The molecule has 0 radical (unpaired) electrons. The molecule has 1 saturated carbocycles. The molecule has 0 saturated heterocycles.